The van der Waals surface area contributed by atoms with Crippen LogP contribution in [0.1, 0.15) is 21.5 Å². The van der Waals surface area contributed by atoms with Crippen molar-refractivity contribution in [1.82, 2.24) is 15.0 Å². The molecule has 0 fully saturated rings. The number of fused-ring (bicyclic) bond motifs is 1. The minimum atomic E-state index is -1.07. The van der Waals surface area contributed by atoms with Gasteiger partial charge in [0, 0.05) is 28.7 Å². The number of H-pyrrole nitrogens is 1. The van der Waals surface area contributed by atoms with Gasteiger partial charge >= 0.3 is 11.7 Å². The molecular weight excluding hydrogens is 402 g/mol. The van der Waals surface area contributed by atoms with Gasteiger partial charge in [0.15, 0.2) is 5.58 Å². The Kier molecular flexibility index (Phi) is 5.04. The second-order valence-corrected chi connectivity index (χ2v) is 6.82. The lowest BCUT2D eigenvalue weighted by Gasteiger charge is -2.15. The molecule has 10 heteroatoms. The average Bonchev–Trinajstić information content (AvgIpc) is 3.10. The van der Waals surface area contributed by atoms with Crippen molar-refractivity contribution in [2.45, 2.75) is 13.8 Å². The fourth-order valence-corrected chi connectivity index (χ4v) is 3.17. The molecule has 0 aliphatic carbocycles. The van der Waals surface area contributed by atoms with E-state index in [1.165, 1.54) is 13.2 Å². The molecule has 4 aromatic rings. The van der Waals surface area contributed by atoms with Crippen molar-refractivity contribution in [2.24, 2.45) is 0 Å². The Balaban J connectivity index is 1.63. The van der Waals surface area contributed by atoms with Crippen LogP contribution in [0, 0.1) is 13.8 Å². The summed E-state index contributed by atoms with van der Waals surface area (Å²) in [5, 5.41) is 15.6. The normalized spacial score (nSPS) is 10.8. The molecule has 2 aromatic carbocycles. The van der Waals surface area contributed by atoms with Crippen molar-refractivity contribution in [2.75, 3.05) is 17.7 Å². The van der Waals surface area contributed by atoms with E-state index in [9.17, 15) is 14.7 Å². The summed E-state index contributed by atoms with van der Waals surface area (Å²) >= 11 is 0. The van der Waals surface area contributed by atoms with E-state index in [0.717, 1.165) is 5.56 Å². The molecule has 0 saturated heterocycles. The molecule has 4 rings (SSSR count). The molecule has 0 saturated carbocycles. The van der Waals surface area contributed by atoms with Gasteiger partial charge in [0.05, 0.1) is 12.6 Å². The lowest BCUT2D eigenvalue weighted by atomic mass is 10.1. The molecule has 2 heterocycles. The summed E-state index contributed by atoms with van der Waals surface area (Å²) in [6.45, 7) is 3.61. The highest BCUT2D eigenvalue weighted by Gasteiger charge is 2.16. The third-order valence-corrected chi connectivity index (χ3v) is 4.74. The number of aromatic amines is 1. The molecule has 10 nitrogen and oxygen atoms in total. The van der Waals surface area contributed by atoms with Gasteiger partial charge < -0.3 is 24.9 Å². The van der Waals surface area contributed by atoms with Gasteiger partial charge in [-0.15, -0.1) is 0 Å². The summed E-state index contributed by atoms with van der Waals surface area (Å²) in [6, 6.07) is 8.30. The smallest absolute Gasteiger partial charge is 0.417 e. The van der Waals surface area contributed by atoms with Gasteiger partial charge in [-0.25, -0.2) is 14.6 Å². The Labute approximate surface area is 175 Å². The summed E-state index contributed by atoms with van der Waals surface area (Å²) in [4.78, 5) is 34.2. The number of rotatable bonds is 6. The SMILES string of the molecule is COc1c(C(=O)O)ccc(Nc2ncc(C)c(Nc3ccc4oc(=O)[nH]c4c3)n2)c1C. The summed E-state index contributed by atoms with van der Waals surface area (Å²) in [5.41, 5.74) is 3.87. The van der Waals surface area contributed by atoms with E-state index in [4.69, 9.17) is 9.15 Å². The quantitative estimate of drug-likeness (QED) is 0.366. The number of nitrogens with zero attached hydrogens (tertiary/aromatic N) is 2. The first-order valence-electron chi connectivity index (χ1n) is 9.27. The molecule has 158 valence electrons. The molecule has 4 N–H and O–H groups in total. The third-order valence-electron chi connectivity index (χ3n) is 4.74. The number of hydrogen-bond donors (Lipinski definition) is 4. The molecule has 0 bridgehead atoms. The molecule has 0 spiro atoms. The minimum absolute atomic E-state index is 0.0745. The van der Waals surface area contributed by atoms with Gasteiger partial charge in [-0.1, -0.05) is 0 Å². The molecule has 0 radical (unpaired) electrons. The Hall–Kier alpha value is -4.34. The predicted molar refractivity (Wildman–Crippen MR) is 115 cm³/mol. The van der Waals surface area contributed by atoms with E-state index in [1.807, 2.05) is 6.92 Å². The Morgan fingerprint density at radius 1 is 1.19 bits per heavy atom. The predicted octanol–water partition coefficient (Wildman–Crippen LogP) is 3.72. The zero-order chi connectivity index (χ0) is 22.1. The first-order valence-corrected chi connectivity index (χ1v) is 9.27. The largest absolute Gasteiger partial charge is 0.495 e. The monoisotopic (exact) mass is 421 g/mol. The fourth-order valence-electron chi connectivity index (χ4n) is 3.17. The number of carbonyl (C=O) groups is 1. The number of aryl methyl sites for hydroxylation is 1. The van der Waals surface area contributed by atoms with E-state index in [-0.39, 0.29) is 11.3 Å². The number of oxazole rings is 1. The van der Waals surface area contributed by atoms with Gasteiger partial charge in [0.1, 0.15) is 17.1 Å². The minimum Gasteiger partial charge on any atom is -0.495 e. The molecule has 0 amide bonds. The van der Waals surface area contributed by atoms with Gasteiger partial charge in [-0.2, -0.15) is 4.98 Å². The summed E-state index contributed by atoms with van der Waals surface area (Å²) in [7, 11) is 1.42. The van der Waals surface area contributed by atoms with Crippen molar-refractivity contribution in [3.63, 3.8) is 0 Å². The molecule has 0 aliphatic rings. The number of aromatic carboxylic acids is 1. The van der Waals surface area contributed by atoms with Crippen LogP contribution in [-0.2, 0) is 0 Å². The second-order valence-electron chi connectivity index (χ2n) is 6.82. The number of carboxylic acids is 1. The summed E-state index contributed by atoms with van der Waals surface area (Å²) < 4.78 is 10.3. The van der Waals surface area contributed by atoms with Crippen LogP contribution in [0.4, 0.5) is 23.1 Å². The number of nitrogens with one attached hydrogen (secondary N) is 3. The number of ether oxygens (including phenoxy) is 1. The second kappa shape index (κ2) is 7.82. The number of benzene rings is 2. The van der Waals surface area contributed by atoms with Crippen LogP contribution in [0.5, 0.6) is 5.75 Å². The molecule has 0 unspecified atom stereocenters. The van der Waals surface area contributed by atoms with Crippen molar-refractivity contribution in [3.05, 3.63) is 63.8 Å². The zero-order valence-electron chi connectivity index (χ0n) is 16.9. The van der Waals surface area contributed by atoms with E-state index in [0.29, 0.717) is 39.8 Å². The number of methoxy groups -OCH3 is 1. The standard InChI is InChI=1S/C21H19N5O5/c1-10-9-22-20(24-14-6-5-13(19(27)28)17(30-3)11(14)2)26-18(10)23-12-4-7-16-15(8-12)25-21(29)31-16/h4-9H,1-3H3,(H,25,29)(H,27,28)(H2,22,23,24,26). The Morgan fingerprint density at radius 3 is 2.74 bits per heavy atom. The average molecular weight is 421 g/mol. The van der Waals surface area contributed by atoms with Gasteiger partial charge in [-0.05, 0) is 44.2 Å². The molecule has 0 aliphatic heterocycles. The number of aromatic nitrogens is 3. The highest BCUT2D eigenvalue weighted by atomic mass is 16.5. The highest BCUT2D eigenvalue weighted by Crippen LogP contribution is 2.31. The van der Waals surface area contributed by atoms with Crippen molar-refractivity contribution in [1.29, 1.82) is 0 Å². The maximum Gasteiger partial charge on any atom is 0.417 e. The van der Waals surface area contributed by atoms with Crippen LogP contribution >= 0.6 is 0 Å². The van der Waals surface area contributed by atoms with Gasteiger partial charge in [0.2, 0.25) is 5.95 Å². The van der Waals surface area contributed by atoms with Crippen LogP contribution in [0.25, 0.3) is 11.1 Å². The lowest BCUT2D eigenvalue weighted by Crippen LogP contribution is -2.06. The zero-order valence-corrected chi connectivity index (χ0v) is 16.9. The van der Waals surface area contributed by atoms with Crippen molar-refractivity contribution in [3.8, 4) is 5.75 Å². The van der Waals surface area contributed by atoms with E-state index < -0.39 is 11.7 Å². The van der Waals surface area contributed by atoms with Crippen LogP contribution < -0.4 is 21.1 Å². The van der Waals surface area contributed by atoms with Crippen LogP contribution in [0.15, 0.2) is 45.7 Å². The molecule has 0 atom stereocenters. The van der Waals surface area contributed by atoms with E-state index in [1.54, 1.807) is 37.4 Å². The Morgan fingerprint density at radius 2 is 2.00 bits per heavy atom. The lowest BCUT2D eigenvalue weighted by molar-refractivity contribution is 0.0693. The number of anilines is 4. The maximum atomic E-state index is 11.4. The molecule has 2 aromatic heterocycles. The molecular formula is C21H19N5O5. The summed E-state index contributed by atoms with van der Waals surface area (Å²) in [5.74, 6) is -0.434. The van der Waals surface area contributed by atoms with E-state index in [2.05, 4.69) is 25.6 Å². The van der Waals surface area contributed by atoms with Gasteiger partial charge in [0.25, 0.3) is 0 Å². The van der Waals surface area contributed by atoms with Crippen LogP contribution in [0.3, 0.4) is 0 Å². The van der Waals surface area contributed by atoms with Crippen molar-refractivity contribution < 1.29 is 19.1 Å². The van der Waals surface area contributed by atoms with Crippen LogP contribution in [0.2, 0.25) is 0 Å². The number of hydrogen-bond acceptors (Lipinski definition) is 8. The first kappa shape index (κ1) is 20.0. The number of carboxylic acid groups (broad SMARTS) is 1. The first-order chi connectivity index (χ1) is 14.9. The van der Waals surface area contributed by atoms with Crippen LogP contribution in [-0.4, -0.2) is 33.1 Å². The maximum absolute atomic E-state index is 11.4. The van der Waals surface area contributed by atoms with Crippen molar-refractivity contribution >= 4 is 40.2 Å². The van der Waals surface area contributed by atoms with Gasteiger partial charge in [-0.3, -0.25) is 4.98 Å². The van der Waals surface area contributed by atoms with E-state index >= 15 is 0 Å². The topological polar surface area (TPSA) is 142 Å². The highest BCUT2D eigenvalue weighted by molar-refractivity contribution is 5.92. The summed E-state index contributed by atoms with van der Waals surface area (Å²) in [6.07, 6.45) is 1.66. The third kappa shape index (κ3) is 3.90. The molecule has 31 heavy (non-hydrogen) atoms. The fraction of sp³-hybridized carbons (Fsp3) is 0.143. The Bertz CT molecular complexity index is 1360.